The maximum Gasteiger partial charge on any atom is 0.225 e. The molecule has 0 radical (unpaired) electrons. The predicted octanol–water partition coefficient (Wildman–Crippen LogP) is 3.50. The minimum atomic E-state index is 0.304. The lowest BCUT2D eigenvalue weighted by Crippen LogP contribution is -2.33. The molecular weight excluding hydrogens is 290 g/mol. The Morgan fingerprint density at radius 3 is 2.65 bits per heavy atom. The van der Waals surface area contributed by atoms with Gasteiger partial charge < -0.3 is 14.4 Å². The smallest absolute Gasteiger partial charge is 0.225 e. The van der Waals surface area contributed by atoms with Gasteiger partial charge in [0.1, 0.15) is 0 Å². The van der Waals surface area contributed by atoms with Gasteiger partial charge >= 0.3 is 0 Å². The lowest BCUT2D eigenvalue weighted by molar-refractivity contribution is -0.134. The van der Waals surface area contributed by atoms with Crippen LogP contribution >= 0.6 is 0 Å². The summed E-state index contributed by atoms with van der Waals surface area (Å²) in [6, 6.07) is 7.74. The number of hydrogen-bond acceptors (Lipinski definition) is 3. The van der Waals surface area contributed by atoms with Crippen molar-refractivity contribution in [3.8, 4) is 11.5 Å². The van der Waals surface area contributed by atoms with E-state index in [0.29, 0.717) is 24.3 Å². The summed E-state index contributed by atoms with van der Waals surface area (Å²) < 4.78 is 11.2. The van der Waals surface area contributed by atoms with Crippen molar-refractivity contribution in [1.82, 2.24) is 4.90 Å². The predicted molar refractivity (Wildman–Crippen MR) is 89.8 cm³/mol. The zero-order chi connectivity index (χ0) is 16.1. The van der Waals surface area contributed by atoms with E-state index in [1.165, 1.54) is 12.8 Å². The van der Waals surface area contributed by atoms with E-state index in [1.54, 1.807) is 7.11 Å². The number of hydrogen-bond donors (Lipinski definition) is 0. The van der Waals surface area contributed by atoms with Crippen molar-refractivity contribution in [2.75, 3.05) is 26.8 Å². The standard InChI is InChI=1S/C19H27NO3/c1-22-17-8-4-5-9-18(17)23-13-11-15-10-12-20(14-15)19(21)16-6-2-3-7-16/h4-5,8-9,15-16H,2-3,6-7,10-14H2,1H3. The largest absolute Gasteiger partial charge is 0.493 e. The molecule has 126 valence electrons. The number of para-hydroxylation sites is 2. The van der Waals surface area contributed by atoms with Gasteiger partial charge in [0.05, 0.1) is 13.7 Å². The van der Waals surface area contributed by atoms with Crippen LogP contribution in [0, 0.1) is 11.8 Å². The van der Waals surface area contributed by atoms with Crippen LogP contribution < -0.4 is 9.47 Å². The number of carbonyl (C=O) groups is 1. The zero-order valence-electron chi connectivity index (χ0n) is 14.0. The Kier molecular flexibility index (Phi) is 5.42. The van der Waals surface area contributed by atoms with Crippen molar-refractivity contribution in [2.24, 2.45) is 11.8 Å². The molecule has 1 saturated heterocycles. The summed E-state index contributed by atoms with van der Waals surface area (Å²) in [5.41, 5.74) is 0. The highest BCUT2D eigenvalue weighted by Gasteiger charge is 2.32. The molecule has 1 amide bonds. The summed E-state index contributed by atoms with van der Waals surface area (Å²) in [5, 5.41) is 0. The fourth-order valence-electron chi connectivity index (χ4n) is 3.77. The Morgan fingerprint density at radius 1 is 1.17 bits per heavy atom. The van der Waals surface area contributed by atoms with Crippen LogP contribution in [-0.2, 0) is 4.79 Å². The Labute approximate surface area is 138 Å². The van der Waals surface area contributed by atoms with E-state index < -0.39 is 0 Å². The van der Waals surface area contributed by atoms with Crippen LogP contribution in [0.25, 0.3) is 0 Å². The molecule has 2 fully saturated rings. The van der Waals surface area contributed by atoms with Crippen molar-refractivity contribution in [2.45, 2.75) is 38.5 Å². The van der Waals surface area contributed by atoms with E-state index in [-0.39, 0.29) is 0 Å². The average molecular weight is 317 g/mol. The van der Waals surface area contributed by atoms with Gasteiger partial charge in [-0.25, -0.2) is 0 Å². The Balaban J connectivity index is 1.42. The molecule has 1 aromatic carbocycles. The first-order chi connectivity index (χ1) is 11.3. The molecule has 0 spiro atoms. The van der Waals surface area contributed by atoms with Crippen molar-refractivity contribution in [1.29, 1.82) is 0 Å². The van der Waals surface area contributed by atoms with Gasteiger partial charge in [-0.1, -0.05) is 25.0 Å². The maximum absolute atomic E-state index is 12.5. The first kappa shape index (κ1) is 16.2. The molecule has 1 aromatic rings. The van der Waals surface area contributed by atoms with Gasteiger partial charge in [-0.05, 0) is 43.7 Å². The summed E-state index contributed by atoms with van der Waals surface area (Å²) in [7, 11) is 1.66. The minimum absolute atomic E-state index is 0.304. The van der Waals surface area contributed by atoms with E-state index in [9.17, 15) is 4.79 Å². The topological polar surface area (TPSA) is 38.8 Å². The third-order valence-electron chi connectivity index (χ3n) is 5.15. The SMILES string of the molecule is COc1ccccc1OCCC1CCN(C(=O)C2CCCC2)C1. The van der Waals surface area contributed by atoms with Gasteiger partial charge in [0, 0.05) is 19.0 Å². The van der Waals surface area contributed by atoms with E-state index in [4.69, 9.17) is 9.47 Å². The molecule has 2 aliphatic rings. The van der Waals surface area contributed by atoms with Crippen LogP contribution in [0.5, 0.6) is 11.5 Å². The third-order valence-corrected chi connectivity index (χ3v) is 5.15. The normalized spacial score (nSPS) is 21.6. The molecule has 1 unspecified atom stereocenters. The lowest BCUT2D eigenvalue weighted by Gasteiger charge is -2.20. The van der Waals surface area contributed by atoms with Gasteiger partial charge in [0.25, 0.3) is 0 Å². The van der Waals surface area contributed by atoms with Crippen LogP contribution in [0.3, 0.4) is 0 Å². The first-order valence-electron chi connectivity index (χ1n) is 8.82. The monoisotopic (exact) mass is 317 g/mol. The van der Waals surface area contributed by atoms with Gasteiger partial charge in [-0.2, -0.15) is 0 Å². The van der Waals surface area contributed by atoms with Crippen molar-refractivity contribution < 1.29 is 14.3 Å². The van der Waals surface area contributed by atoms with E-state index >= 15 is 0 Å². The van der Waals surface area contributed by atoms with Gasteiger partial charge in [0.2, 0.25) is 5.91 Å². The summed E-state index contributed by atoms with van der Waals surface area (Å²) >= 11 is 0. The van der Waals surface area contributed by atoms with Crippen molar-refractivity contribution in [3.05, 3.63) is 24.3 Å². The maximum atomic E-state index is 12.5. The molecule has 1 atom stereocenters. The van der Waals surface area contributed by atoms with Crippen molar-refractivity contribution >= 4 is 5.91 Å². The van der Waals surface area contributed by atoms with Gasteiger partial charge in [-0.15, -0.1) is 0 Å². The van der Waals surface area contributed by atoms with Gasteiger partial charge in [0.15, 0.2) is 11.5 Å². The number of methoxy groups -OCH3 is 1. The Bertz CT molecular complexity index is 525. The van der Waals surface area contributed by atoms with Crippen LogP contribution in [0.2, 0.25) is 0 Å². The molecule has 1 saturated carbocycles. The number of carbonyl (C=O) groups excluding carboxylic acids is 1. The Hall–Kier alpha value is -1.71. The quantitative estimate of drug-likeness (QED) is 0.806. The molecule has 3 rings (SSSR count). The minimum Gasteiger partial charge on any atom is -0.493 e. The molecule has 4 heteroatoms. The molecule has 4 nitrogen and oxygen atoms in total. The molecule has 0 N–H and O–H groups in total. The number of amides is 1. The Morgan fingerprint density at radius 2 is 1.91 bits per heavy atom. The number of likely N-dealkylation sites (tertiary alicyclic amines) is 1. The van der Waals surface area contributed by atoms with Crippen LogP contribution in [0.4, 0.5) is 0 Å². The molecule has 0 aromatic heterocycles. The van der Waals surface area contributed by atoms with Gasteiger partial charge in [-0.3, -0.25) is 4.79 Å². The molecular formula is C19H27NO3. The third kappa shape index (κ3) is 3.98. The number of nitrogens with zero attached hydrogens (tertiary/aromatic N) is 1. The summed E-state index contributed by atoms with van der Waals surface area (Å²) in [4.78, 5) is 14.5. The molecule has 0 bridgehead atoms. The molecule has 1 aliphatic carbocycles. The van der Waals surface area contributed by atoms with E-state index in [1.807, 2.05) is 24.3 Å². The van der Waals surface area contributed by atoms with E-state index in [0.717, 1.165) is 50.3 Å². The molecule has 23 heavy (non-hydrogen) atoms. The number of rotatable bonds is 6. The summed E-state index contributed by atoms with van der Waals surface area (Å²) in [5.74, 6) is 2.84. The summed E-state index contributed by atoms with van der Waals surface area (Å²) in [6.07, 6.45) is 6.73. The second kappa shape index (κ2) is 7.71. The molecule has 1 heterocycles. The second-order valence-corrected chi connectivity index (χ2v) is 6.71. The van der Waals surface area contributed by atoms with Crippen molar-refractivity contribution in [3.63, 3.8) is 0 Å². The number of benzene rings is 1. The summed E-state index contributed by atoms with van der Waals surface area (Å²) in [6.45, 7) is 2.51. The number of ether oxygens (including phenoxy) is 2. The zero-order valence-corrected chi connectivity index (χ0v) is 14.0. The van der Waals surface area contributed by atoms with Crippen LogP contribution in [0.1, 0.15) is 38.5 Å². The highest BCUT2D eigenvalue weighted by atomic mass is 16.5. The van der Waals surface area contributed by atoms with Crippen LogP contribution in [-0.4, -0.2) is 37.6 Å². The highest BCUT2D eigenvalue weighted by Crippen LogP contribution is 2.30. The van der Waals surface area contributed by atoms with Crippen LogP contribution in [0.15, 0.2) is 24.3 Å². The fourth-order valence-corrected chi connectivity index (χ4v) is 3.77. The highest BCUT2D eigenvalue weighted by molar-refractivity contribution is 5.79. The lowest BCUT2D eigenvalue weighted by atomic mass is 10.1. The first-order valence-corrected chi connectivity index (χ1v) is 8.82. The molecule has 1 aliphatic heterocycles. The van der Waals surface area contributed by atoms with E-state index in [2.05, 4.69) is 4.90 Å². The second-order valence-electron chi connectivity index (χ2n) is 6.71. The fraction of sp³-hybridized carbons (Fsp3) is 0.632. The average Bonchev–Trinajstić information content (AvgIpc) is 3.26.